The summed E-state index contributed by atoms with van der Waals surface area (Å²) in [5.41, 5.74) is 0.193. The van der Waals surface area contributed by atoms with Gasteiger partial charge in [0.15, 0.2) is 6.29 Å². The molecule has 0 N–H and O–H groups in total. The first-order valence-corrected chi connectivity index (χ1v) is 5.90. The van der Waals surface area contributed by atoms with Crippen LogP contribution in [-0.2, 0) is 0 Å². The smallest absolute Gasteiger partial charge is 0.336 e. The van der Waals surface area contributed by atoms with Gasteiger partial charge in [-0.25, -0.2) is 4.79 Å². The summed E-state index contributed by atoms with van der Waals surface area (Å²) in [6.07, 6.45) is 2.68. The van der Waals surface area contributed by atoms with Crippen LogP contribution in [0.15, 0.2) is 33.5 Å². The molecule has 1 aromatic heterocycles. The first kappa shape index (κ1) is 12.4. The van der Waals surface area contributed by atoms with E-state index in [4.69, 9.17) is 9.15 Å². The van der Waals surface area contributed by atoms with Crippen LogP contribution >= 0.6 is 0 Å². The Kier molecular flexibility index (Phi) is 3.77. The Labute approximate surface area is 104 Å². The molecule has 0 aliphatic carbocycles. The summed E-state index contributed by atoms with van der Waals surface area (Å²) in [6, 6.07) is 6.28. The van der Waals surface area contributed by atoms with Crippen LogP contribution in [0.2, 0.25) is 0 Å². The molecule has 18 heavy (non-hydrogen) atoms. The van der Waals surface area contributed by atoms with Gasteiger partial charge in [-0.05, 0) is 24.6 Å². The number of hydrogen-bond donors (Lipinski definition) is 0. The van der Waals surface area contributed by atoms with Crippen LogP contribution in [0.4, 0.5) is 0 Å². The lowest BCUT2D eigenvalue weighted by molar-refractivity contribution is 0.112. The lowest BCUT2D eigenvalue weighted by Crippen LogP contribution is -2.01. The Morgan fingerprint density at radius 2 is 2.17 bits per heavy atom. The molecular weight excluding hydrogens is 232 g/mol. The molecule has 0 saturated carbocycles. The van der Waals surface area contributed by atoms with Gasteiger partial charge in [0.25, 0.3) is 0 Å². The molecule has 0 atom stereocenters. The molecule has 0 aliphatic rings. The molecule has 2 aromatic rings. The molecule has 1 aromatic carbocycles. The maximum Gasteiger partial charge on any atom is 0.336 e. The Morgan fingerprint density at radius 3 is 2.89 bits per heavy atom. The van der Waals surface area contributed by atoms with Crippen molar-refractivity contribution >= 4 is 17.3 Å². The molecule has 0 fully saturated rings. The van der Waals surface area contributed by atoms with Gasteiger partial charge >= 0.3 is 5.63 Å². The lowest BCUT2D eigenvalue weighted by atomic mass is 10.1. The normalized spacial score (nSPS) is 10.5. The zero-order valence-electron chi connectivity index (χ0n) is 10.1. The molecule has 0 saturated heterocycles. The summed E-state index contributed by atoms with van der Waals surface area (Å²) in [6.45, 7) is 2.72. The Morgan fingerprint density at radius 1 is 1.33 bits per heavy atom. The lowest BCUT2D eigenvalue weighted by Gasteiger charge is -2.06. The fraction of sp³-hybridized carbons (Fsp3) is 0.286. The topological polar surface area (TPSA) is 56.5 Å². The summed E-state index contributed by atoms with van der Waals surface area (Å²) < 4.78 is 10.6. The highest BCUT2D eigenvalue weighted by Gasteiger charge is 2.06. The molecule has 0 spiro atoms. The van der Waals surface area contributed by atoms with Gasteiger partial charge in [-0.3, -0.25) is 4.79 Å². The second-order valence-electron chi connectivity index (χ2n) is 4.00. The Bertz CT molecular complexity index is 613. The fourth-order valence-corrected chi connectivity index (χ4v) is 1.69. The van der Waals surface area contributed by atoms with E-state index in [-0.39, 0.29) is 0 Å². The zero-order chi connectivity index (χ0) is 13.0. The molecule has 94 valence electrons. The first-order chi connectivity index (χ1) is 8.74. The van der Waals surface area contributed by atoms with Crippen molar-refractivity contribution in [2.45, 2.75) is 19.8 Å². The van der Waals surface area contributed by atoms with Gasteiger partial charge < -0.3 is 9.15 Å². The number of carbonyl (C=O) groups excluding carboxylic acids is 1. The summed E-state index contributed by atoms with van der Waals surface area (Å²) in [5.74, 6) is 0.674. The highest BCUT2D eigenvalue weighted by Crippen LogP contribution is 2.22. The van der Waals surface area contributed by atoms with Crippen LogP contribution in [0.1, 0.15) is 30.1 Å². The highest BCUT2D eigenvalue weighted by molar-refractivity contribution is 5.95. The minimum absolute atomic E-state index is 0.321. The van der Waals surface area contributed by atoms with Crippen LogP contribution in [0.5, 0.6) is 5.75 Å². The summed E-state index contributed by atoms with van der Waals surface area (Å²) in [4.78, 5) is 22.1. The van der Waals surface area contributed by atoms with Gasteiger partial charge in [-0.2, -0.15) is 0 Å². The van der Waals surface area contributed by atoms with Gasteiger partial charge in [0.1, 0.15) is 11.3 Å². The number of aldehydes is 1. The third kappa shape index (κ3) is 2.59. The van der Waals surface area contributed by atoms with Crippen molar-refractivity contribution in [3.05, 3.63) is 40.2 Å². The van der Waals surface area contributed by atoms with Crippen LogP contribution in [-0.4, -0.2) is 12.9 Å². The quantitative estimate of drug-likeness (QED) is 0.462. The molecule has 0 bridgehead atoms. The van der Waals surface area contributed by atoms with Crippen molar-refractivity contribution in [2.24, 2.45) is 0 Å². The third-order valence-electron chi connectivity index (χ3n) is 2.64. The number of hydrogen-bond acceptors (Lipinski definition) is 4. The molecular formula is C14H14O4. The van der Waals surface area contributed by atoms with E-state index in [0.717, 1.165) is 12.8 Å². The van der Waals surface area contributed by atoms with E-state index in [1.807, 2.05) is 0 Å². The highest BCUT2D eigenvalue weighted by atomic mass is 16.5. The number of benzene rings is 1. The van der Waals surface area contributed by atoms with Gasteiger partial charge in [0.2, 0.25) is 0 Å². The fourth-order valence-electron chi connectivity index (χ4n) is 1.69. The van der Waals surface area contributed by atoms with Crippen molar-refractivity contribution in [3.63, 3.8) is 0 Å². The number of fused-ring (bicyclic) bond motifs is 1. The molecule has 2 rings (SSSR count). The van der Waals surface area contributed by atoms with Gasteiger partial charge in [0, 0.05) is 17.0 Å². The van der Waals surface area contributed by atoms with E-state index in [0.29, 0.717) is 35.2 Å². The molecule has 4 nitrogen and oxygen atoms in total. The summed E-state index contributed by atoms with van der Waals surface area (Å²) >= 11 is 0. The molecule has 1 heterocycles. The third-order valence-corrected chi connectivity index (χ3v) is 2.64. The minimum atomic E-state index is -0.524. The average Bonchev–Trinajstić information content (AvgIpc) is 2.38. The summed E-state index contributed by atoms with van der Waals surface area (Å²) in [5, 5.41) is 0.596. The zero-order valence-corrected chi connectivity index (χ0v) is 10.1. The second kappa shape index (κ2) is 5.49. The largest absolute Gasteiger partial charge is 0.494 e. The molecule has 0 amide bonds. The molecule has 4 heteroatoms. The van der Waals surface area contributed by atoms with E-state index in [2.05, 4.69) is 6.92 Å². The van der Waals surface area contributed by atoms with Crippen molar-refractivity contribution < 1.29 is 13.9 Å². The molecule has 0 unspecified atom stereocenters. The second-order valence-corrected chi connectivity index (χ2v) is 4.00. The standard InChI is InChI=1S/C14H14O4/c1-2-3-6-17-11-4-5-13-12(8-11)10(9-15)7-14(16)18-13/h4-5,7-9H,2-3,6H2,1H3. The molecule has 0 radical (unpaired) electrons. The monoisotopic (exact) mass is 246 g/mol. The maximum absolute atomic E-state index is 11.2. The van der Waals surface area contributed by atoms with E-state index in [1.165, 1.54) is 6.07 Å². The number of ether oxygens (including phenoxy) is 1. The molecule has 0 aliphatic heterocycles. The summed E-state index contributed by atoms with van der Waals surface area (Å²) in [7, 11) is 0. The van der Waals surface area contributed by atoms with Crippen molar-refractivity contribution in [1.82, 2.24) is 0 Å². The minimum Gasteiger partial charge on any atom is -0.494 e. The predicted molar refractivity (Wildman–Crippen MR) is 68.3 cm³/mol. The SMILES string of the molecule is CCCCOc1ccc2oc(=O)cc(C=O)c2c1. The predicted octanol–water partition coefficient (Wildman–Crippen LogP) is 2.78. The van der Waals surface area contributed by atoms with E-state index < -0.39 is 5.63 Å². The van der Waals surface area contributed by atoms with Gasteiger partial charge in [-0.15, -0.1) is 0 Å². The van der Waals surface area contributed by atoms with Crippen molar-refractivity contribution in [2.75, 3.05) is 6.61 Å². The number of rotatable bonds is 5. The maximum atomic E-state index is 11.2. The van der Waals surface area contributed by atoms with Crippen LogP contribution < -0.4 is 10.4 Å². The van der Waals surface area contributed by atoms with E-state index >= 15 is 0 Å². The van der Waals surface area contributed by atoms with Crippen LogP contribution in [0.3, 0.4) is 0 Å². The number of unbranched alkanes of at least 4 members (excludes halogenated alkanes) is 1. The van der Waals surface area contributed by atoms with Crippen molar-refractivity contribution in [3.8, 4) is 5.75 Å². The van der Waals surface area contributed by atoms with E-state index in [9.17, 15) is 9.59 Å². The van der Waals surface area contributed by atoms with Gasteiger partial charge in [-0.1, -0.05) is 13.3 Å². The Hall–Kier alpha value is -2.10. The van der Waals surface area contributed by atoms with Crippen LogP contribution in [0.25, 0.3) is 11.0 Å². The van der Waals surface area contributed by atoms with E-state index in [1.54, 1.807) is 18.2 Å². The number of carbonyl (C=O) groups is 1. The van der Waals surface area contributed by atoms with Gasteiger partial charge in [0.05, 0.1) is 6.61 Å². The average molecular weight is 246 g/mol. The Balaban J connectivity index is 2.40. The van der Waals surface area contributed by atoms with Crippen molar-refractivity contribution in [1.29, 1.82) is 0 Å². The van der Waals surface area contributed by atoms with Crippen LogP contribution in [0, 0.1) is 0 Å². The first-order valence-electron chi connectivity index (χ1n) is 5.90.